The molecule has 0 bridgehead atoms. The van der Waals surface area contributed by atoms with Crippen molar-refractivity contribution in [3.05, 3.63) is 35.7 Å². The normalized spacial score (nSPS) is 13.0. The highest BCUT2D eigenvalue weighted by Crippen LogP contribution is 2.30. The molecule has 0 aliphatic carbocycles. The van der Waals surface area contributed by atoms with Crippen molar-refractivity contribution in [1.82, 2.24) is 15.0 Å². The third-order valence-electron chi connectivity index (χ3n) is 3.60. The highest BCUT2D eigenvalue weighted by atomic mass is 32.1. The van der Waals surface area contributed by atoms with Crippen molar-refractivity contribution in [3.63, 3.8) is 0 Å². The van der Waals surface area contributed by atoms with Crippen molar-refractivity contribution >= 4 is 17.2 Å². The molecule has 0 aliphatic rings. The summed E-state index contributed by atoms with van der Waals surface area (Å²) >= 11 is 5.28. The van der Waals surface area contributed by atoms with E-state index in [2.05, 4.69) is 14.7 Å². The molecule has 1 atom stereocenters. The van der Waals surface area contributed by atoms with E-state index in [1.807, 2.05) is 37.9 Å². The van der Waals surface area contributed by atoms with Crippen LogP contribution in [0.1, 0.15) is 37.8 Å². The zero-order chi connectivity index (χ0) is 17.2. The van der Waals surface area contributed by atoms with Crippen LogP contribution in [0.5, 0.6) is 0 Å². The minimum Gasteiger partial charge on any atom is -0.362 e. The number of thiocarbonyl (C=S) groups is 1. The Morgan fingerprint density at radius 3 is 2.39 bits per heavy atom. The van der Waals surface area contributed by atoms with Gasteiger partial charge in [0.2, 0.25) is 5.82 Å². The van der Waals surface area contributed by atoms with Gasteiger partial charge in [-0.15, -0.1) is 0 Å². The van der Waals surface area contributed by atoms with E-state index in [1.54, 1.807) is 12.1 Å². The SMILES string of the molecule is CCC(=S)N(C)C(C)c1ccc(-c2noc(C(F)(F)F)n2)cc1. The lowest BCUT2D eigenvalue weighted by molar-refractivity contribution is -0.159. The van der Waals surface area contributed by atoms with Crippen LogP contribution in [0.4, 0.5) is 13.2 Å². The van der Waals surface area contributed by atoms with Crippen molar-refractivity contribution < 1.29 is 17.7 Å². The lowest BCUT2D eigenvalue weighted by Crippen LogP contribution is -2.27. The third-order valence-corrected chi connectivity index (χ3v) is 4.17. The summed E-state index contributed by atoms with van der Waals surface area (Å²) in [7, 11) is 1.92. The summed E-state index contributed by atoms with van der Waals surface area (Å²) in [6.45, 7) is 4.00. The average Bonchev–Trinajstić information content (AvgIpc) is 3.03. The smallest absolute Gasteiger partial charge is 0.362 e. The van der Waals surface area contributed by atoms with E-state index in [0.29, 0.717) is 5.56 Å². The van der Waals surface area contributed by atoms with Gasteiger partial charge in [0.25, 0.3) is 0 Å². The topological polar surface area (TPSA) is 42.2 Å². The summed E-state index contributed by atoms with van der Waals surface area (Å²) in [5, 5.41) is 3.37. The van der Waals surface area contributed by atoms with Crippen molar-refractivity contribution in [2.45, 2.75) is 32.5 Å². The number of hydrogen-bond acceptors (Lipinski definition) is 4. The molecule has 23 heavy (non-hydrogen) atoms. The Balaban J connectivity index is 2.19. The van der Waals surface area contributed by atoms with E-state index in [1.165, 1.54) is 0 Å². The number of nitrogens with zero attached hydrogens (tertiary/aromatic N) is 3. The van der Waals surface area contributed by atoms with Gasteiger partial charge in [-0.3, -0.25) is 0 Å². The predicted molar refractivity (Wildman–Crippen MR) is 83.8 cm³/mol. The van der Waals surface area contributed by atoms with Gasteiger partial charge in [0.05, 0.1) is 11.0 Å². The lowest BCUT2D eigenvalue weighted by atomic mass is 10.0. The molecular formula is C15H16F3N3OS. The Labute approximate surface area is 137 Å². The maximum atomic E-state index is 12.5. The van der Waals surface area contributed by atoms with Crippen molar-refractivity contribution in [3.8, 4) is 11.4 Å². The lowest BCUT2D eigenvalue weighted by Gasteiger charge is -2.27. The average molecular weight is 343 g/mol. The van der Waals surface area contributed by atoms with Crippen LogP contribution in [0, 0.1) is 0 Å². The zero-order valence-corrected chi connectivity index (χ0v) is 13.7. The Kier molecular flexibility index (Phi) is 5.03. The first-order chi connectivity index (χ1) is 10.7. The van der Waals surface area contributed by atoms with Crippen LogP contribution in [0.15, 0.2) is 28.8 Å². The molecule has 0 fully saturated rings. The Hall–Kier alpha value is -1.96. The summed E-state index contributed by atoms with van der Waals surface area (Å²) in [6, 6.07) is 7.03. The minimum absolute atomic E-state index is 0.0625. The fourth-order valence-corrected chi connectivity index (χ4v) is 2.21. The quantitative estimate of drug-likeness (QED) is 0.766. The molecule has 0 amide bonds. The Morgan fingerprint density at radius 2 is 1.91 bits per heavy atom. The molecule has 1 unspecified atom stereocenters. The van der Waals surface area contributed by atoms with Gasteiger partial charge >= 0.3 is 12.1 Å². The molecule has 2 rings (SSSR count). The van der Waals surface area contributed by atoms with E-state index >= 15 is 0 Å². The molecule has 4 nitrogen and oxygen atoms in total. The summed E-state index contributed by atoms with van der Waals surface area (Å²) < 4.78 is 41.6. The summed E-state index contributed by atoms with van der Waals surface area (Å²) in [6.07, 6.45) is -3.87. The number of hydrogen-bond donors (Lipinski definition) is 0. The summed E-state index contributed by atoms with van der Waals surface area (Å²) in [5.41, 5.74) is 1.45. The van der Waals surface area contributed by atoms with Crippen LogP contribution in [-0.4, -0.2) is 27.1 Å². The van der Waals surface area contributed by atoms with E-state index < -0.39 is 12.1 Å². The number of halogens is 3. The van der Waals surface area contributed by atoms with Crippen LogP contribution in [0.25, 0.3) is 11.4 Å². The van der Waals surface area contributed by atoms with Crippen LogP contribution in [-0.2, 0) is 6.18 Å². The molecule has 8 heteroatoms. The van der Waals surface area contributed by atoms with Gasteiger partial charge in [-0.05, 0) is 18.9 Å². The van der Waals surface area contributed by atoms with E-state index in [-0.39, 0.29) is 11.9 Å². The Bertz CT molecular complexity index is 682. The second-order valence-corrected chi connectivity index (χ2v) is 5.55. The summed E-state index contributed by atoms with van der Waals surface area (Å²) in [4.78, 5) is 6.20. The first-order valence-electron chi connectivity index (χ1n) is 7.01. The van der Waals surface area contributed by atoms with Crippen LogP contribution >= 0.6 is 12.2 Å². The number of alkyl halides is 3. The third kappa shape index (κ3) is 3.87. The first kappa shape index (κ1) is 17.4. The van der Waals surface area contributed by atoms with Gasteiger partial charge in [0, 0.05) is 12.6 Å². The van der Waals surface area contributed by atoms with Crippen LogP contribution in [0.3, 0.4) is 0 Å². The second kappa shape index (κ2) is 6.66. The molecular weight excluding hydrogens is 327 g/mol. The molecule has 0 saturated heterocycles. The fourth-order valence-electron chi connectivity index (χ4n) is 2.06. The maximum Gasteiger partial charge on any atom is 0.471 e. The first-order valence-corrected chi connectivity index (χ1v) is 7.41. The molecule has 0 N–H and O–H groups in total. The predicted octanol–water partition coefficient (Wildman–Crippen LogP) is 4.49. The monoisotopic (exact) mass is 343 g/mol. The molecule has 1 heterocycles. The molecule has 124 valence electrons. The molecule has 1 aromatic heterocycles. The maximum absolute atomic E-state index is 12.5. The van der Waals surface area contributed by atoms with E-state index in [9.17, 15) is 13.2 Å². The largest absolute Gasteiger partial charge is 0.471 e. The van der Waals surface area contributed by atoms with Crippen LogP contribution in [0.2, 0.25) is 0 Å². The molecule has 2 aromatic rings. The molecule has 0 spiro atoms. The number of benzene rings is 1. The fraction of sp³-hybridized carbons (Fsp3) is 0.400. The van der Waals surface area contributed by atoms with Gasteiger partial charge in [-0.25, -0.2) is 0 Å². The number of rotatable bonds is 4. The van der Waals surface area contributed by atoms with Gasteiger partial charge in [0.1, 0.15) is 0 Å². The van der Waals surface area contributed by atoms with Crippen molar-refractivity contribution in [2.24, 2.45) is 0 Å². The van der Waals surface area contributed by atoms with Crippen molar-refractivity contribution in [1.29, 1.82) is 0 Å². The van der Waals surface area contributed by atoms with Gasteiger partial charge < -0.3 is 9.42 Å². The summed E-state index contributed by atoms with van der Waals surface area (Å²) in [5.74, 6) is -1.44. The molecule has 0 saturated carbocycles. The van der Waals surface area contributed by atoms with E-state index in [0.717, 1.165) is 17.0 Å². The standard InChI is InChI=1S/C15H16F3N3OS/c1-4-12(23)21(3)9(2)10-5-7-11(8-6-10)13-19-14(22-20-13)15(16,17)18/h5-9H,4H2,1-3H3. The van der Waals surface area contributed by atoms with Gasteiger partial charge in [0.15, 0.2) is 0 Å². The number of aromatic nitrogens is 2. The highest BCUT2D eigenvalue weighted by Gasteiger charge is 2.38. The minimum atomic E-state index is -4.64. The highest BCUT2D eigenvalue weighted by molar-refractivity contribution is 7.80. The van der Waals surface area contributed by atoms with Crippen molar-refractivity contribution in [2.75, 3.05) is 7.05 Å². The van der Waals surface area contributed by atoms with Crippen LogP contribution < -0.4 is 0 Å². The van der Waals surface area contributed by atoms with Gasteiger partial charge in [-0.2, -0.15) is 18.2 Å². The molecule has 0 radical (unpaired) electrons. The van der Waals surface area contributed by atoms with Gasteiger partial charge in [-0.1, -0.05) is 48.6 Å². The second-order valence-electron chi connectivity index (χ2n) is 5.08. The molecule has 0 aliphatic heterocycles. The zero-order valence-electron chi connectivity index (χ0n) is 12.9. The van der Waals surface area contributed by atoms with E-state index in [4.69, 9.17) is 12.2 Å². The Morgan fingerprint density at radius 1 is 1.30 bits per heavy atom. The molecule has 1 aromatic carbocycles.